The first-order valence-electron chi connectivity index (χ1n) is 10.1. The highest BCUT2D eigenvalue weighted by atomic mass is 79.9. The number of phenols is 1. The average Bonchev–Trinajstić information content (AvgIpc) is 2.83. The summed E-state index contributed by atoms with van der Waals surface area (Å²) in [6.07, 6.45) is 1.49. The third kappa shape index (κ3) is 5.32. The fraction of sp³-hybridized carbons (Fsp3) is 0.0769. The van der Waals surface area contributed by atoms with E-state index in [1.165, 1.54) is 6.21 Å². The van der Waals surface area contributed by atoms with Crippen LogP contribution in [0.25, 0.3) is 10.8 Å². The van der Waals surface area contributed by atoms with Crippen LogP contribution in [0.15, 0.2) is 88.4 Å². The Bertz CT molecular complexity index is 1320. The maximum Gasteiger partial charge on any atom is 0.275 e. The molecule has 0 heterocycles. The van der Waals surface area contributed by atoms with Crippen LogP contribution in [0.5, 0.6) is 17.2 Å². The molecule has 0 saturated heterocycles. The Kier molecular flexibility index (Phi) is 6.90. The summed E-state index contributed by atoms with van der Waals surface area (Å²) in [5.74, 6) is 0.484. The molecule has 1 amide bonds. The van der Waals surface area contributed by atoms with Crippen LogP contribution in [-0.4, -0.2) is 24.3 Å². The number of methoxy groups -OCH3 is 1. The summed E-state index contributed by atoms with van der Waals surface area (Å²) in [6, 6.07) is 24.1. The molecular weight excluding hydrogens is 484 g/mol. The number of fused-ring (bicyclic) bond motifs is 1. The van der Waals surface area contributed by atoms with Gasteiger partial charge in [0, 0.05) is 0 Å². The monoisotopic (exact) mass is 504 g/mol. The zero-order valence-electron chi connectivity index (χ0n) is 17.8. The Labute approximate surface area is 199 Å². The van der Waals surface area contributed by atoms with Crippen molar-refractivity contribution in [1.29, 1.82) is 0 Å². The van der Waals surface area contributed by atoms with Crippen molar-refractivity contribution in [2.75, 3.05) is 7.11 Å². The zero-order valence-corrected chi connectivity index (χ0v) is 19.4. The maximum absolute atomic E-state index is 12.5. The van der Waals surface area contributed by atoms with Crippen molar-refractivity contribution in [3.05, 3.63) is 100 Å². The molecule has 0 spiro atoms. The number of benzene rings is 4. The van der Waals surface area contributed by atoms with Gasteiger partial charge in [0.2, 0.25) is 0 Å². The van der Waals surface area contributed by atoms with Crippen molar-refractivity contribution in [2.24, 2.45) is 5.10 Å². The van der Waals surface area contributed by atoms with Gasteiger partial charge in [0.1, 0.15) is 12.4 Å². The molecule has 0 aliphatic carbocycles. The van der Waals surface area contributed by atoms with Crippen molar-refractivity contribution < 1.29 is 19.4 Å². The molecule has 6 nitrogen and oxygen atoms in total. The van der Waals surface area contributed by atoms with Gasteiger partial charge in [-0.3, -0.25) is 4.79 Å². The molecule has 0 bridgehead atoms. The van der Waals surface area contributed by atoms with Crippen molar-refractivity contribution in [3.8, 4) is 17.2 Å². The summed E-state index contributed by atoms with van der Waals surface area (Å²) in [4.78, 5) is 12.5. The van der Waals surface area contributed by atoms with Crippen molar-refractivity contribution in [2.45, 2.75) is 6.61 Å². The number of phenolic OH excluding ortho intramolecular Hbond substituents is 1. The van der Waals surface area contributed by atoms with Crippen molar-refractivity contribution in [3.63, 3.8) is 0 Å². The maximum atomic E-state index is 12.5. The van der Waals surface area contributed by atoms with E-state index in [-0.39, 0.29) is 11.3 Å². The number of halogens is 1. The lowest BCUT2D eigenvalue weighted by molar-refractivity contribution is 0.0952. The van der Waals surface area contributed by atoms with Crippen molar-refractivity contribution in [1.82, 2.24) is 5.43 Å². The molecule has 2 N–H and O–H groups in total. The number of amides is 1. The summed E-state index contributed by atoms with van der Waals surface area (Å²) in [7, 11) is 1.56. The zero-order chi connectivity index (χ0) is 23.2. The van der Waals surface area contributed by atoms with Gasteiger partial charge >= 0.3 is 0 Å². The van der Waals surface area contributed by atoms with Crippen LogP contribution < -0.4 is 14.9 Å². The third-order valence-corrected chi connectivity index (χ3v) is 5.56. The fourth-order valence-corrected chi connectivity index (χ4v) is 3.89. The Morgan fingerprint density at radius 3 is 2.45 bits per heavy atom. The van der Waals surface area contributed by atoms with Crippen molar-refractivity contribution >= 4 is 38.8 Å². The fourth-order valence-electron chi connectivity index (χ4n) is 3.32. The molecule has 0 saturated carbocycles. The average molecular weight is 505 g/mol. The SMILES string of the molecule is COc1cc(/C=N\NC(=O)c2cc3ccccc3cc2O)cc(Br)c1OCc1ccccc1. The minimum absolute atomic E-state index is 0.106. The number of hydrogen-bond acceptors (Lipinski definition) is 5. The molecular formula is C26H21BrN2O4. The Morgan fingerprint density at radius 1 is 1.03 bits per heavy atom. The quantitative estimate of drug-likeness (QED) is 0.251. The molecule has 166 valence electrons. The lowest BCUT2D eigenvalue weighted by Gasteiger charge is -2.13. The minimum Gasteiger partial charge on any atom is -0.507 e. The summed E-state index contributed by atoms with van der Waals surface area (Å²) >= 11 is 3.52. The van der Waals surface area contributed by atoms with Crippen LogP contribution in [-0.2, 0) is 6.61 Å². The predicted molar refractivity (Wildman–Crippen MR) is 132 cm³/mol. The van der Waals surface area contributed by atoms with E-state index in [0.29, 0.717) is 28.1 Å². The standard InChI is InChI=1S/C26H21BrN2O4/c1-32-24-12-18(11-22(27)25(24)33-16-17-7-3-2-4-8-17)15-28-29-26(31)21-13-19-9-5-6-10-20(19)14-23(21)30/h2-15,30H,16H2,1H3,(H,29,31)/b28-15-. The van der Waals surface area contributed by atoms with Gasteiger partial charge in [-0.15, -0.1) is 0 Å². The summed E-state index contributed by atoms with van der Waals surface area (Å²) < 4.78 is 12.1. The van der Waals surface area contributed by atoms with Gasteiger partial charge in [-0.05, 0) is 62.1 Å². The van der Waals surface area contributed by atoms with Crippen LogP contribution in [0.1, 0.15) is 21.5 Å². The Morgan fingerprint density at radius 2 is 1.73 bits per heavy atom. The van der Waals surface area contributed by atoms with E-state index in [0.717, 1.165) is 16.3 Å². The molecule has 0 aromatic heterocycles. The molecule has 0 radical (unpaired) electrons. The number of nitrogens with one attached hydrogen (secondary N) is 1. The van der Waals surface area contributed by atoms with Gasteiger partial charge in [0.05, 0.1) is 23.4 Å². The number of hydrogen-bond donors (Lipinski definition) is 2. The number of carbonyl (C=O) groups is 1. The third-order valence-electron chi connectivity index (χ3n) is 4.97. The largest absolute Gasteiger partial charge is 0.507 e. The van der Waals surface area contributed by atoms with Gasteiger partial charge in [-0.1, -0.05) is 54.6 Å². The first-order valence-corrected chi connectivity index (χ1v) is 10.9. The van der Waals surface area contributed by atoms with Crippen LogP contribution in [0.2, 0.25) is 0 Å². The van der Waals surface area contributed by atoms with Crippen LogP contribution in [0.4, 0.5) is 0 Å². The Hall–Kier alpha value is -3.84. The van der Waals surface area contributed by atoms with E-state index < -0.39 is 5.91 Å². The van der Waals surface area contributed by atoms with Gasteiger partial charge in [-0.25, -0.2) is 5.43 Å². The number of ether oxygens (including phenoxy) is 2. The highest BCUT2D eigenvalue weighted by molar-refractivity contribution is 9.10. The highest BCUT2D eigenvalue weighted by Gasteiger charge is 2.13. The predicted octanol–water partition coefficient (Wildman–Crippen LogP) is 5.66. The van der Waals surface area contributed by atoms with E-state index in [9.17, 15) is 9.90 Å². The highest BCUT2D eigenvalue weighted by Crippen LogP contribution is 2.37. The normalized spacial score (nSPS) is 11.0. The molecule has 0 atom stereocenters. The molecule has 0 aliphatic heterocycles. The van der Waals surface area contributed by atoms with Gasteiger partial charge in [0.15, 0.2) is 11.5 Å². The second-order valence-corrected chi connectivity index (χ2v) is 8.08. The molecule has 0 aliphatic rings. The van der Waals surface area contributed by atoms with Crippen LogP contribution in [0.3, 0.4) is 0 Å². The lowest BCUT2D eigenvalue weighted by atomic mass is 10.1. The molecule has 33 heavy (non-hydrogen) atoms. The second kappa shape index (κ2) is 10.2. The van der Waals surface area contributed by atoms with Gasteiger partial charge in [0.25, 0.3) is 5.91 Å². The van der Waals surface area contributed by atoms with E-state index >= 15 is 0 Å². The number of carbonyl (C=O) groups excluding carboxylic acids is 1. The summed E-state index contributed by atoms with van der Waals surface area (Å²) in [5, 5.41) is 15.9. The van der Waals surface area contributed by atoms with Crippen LogP contribution in [0, 0.1) is 0 Å². The first kappa shape index (κ1) is 22.4. The smallest absolute Gasteiger partial charge is 0.275 e. The first-order chi connectivity index (χ1) is 16.0. The number of hydrazone groups is 1. The topological polar surface area (TPSA) is 80.2 Å². The second-order valence-electron chi connectivity index (χ2n) is 7.22. The van der Waals surface area contributed by atoms with E-state index in [1.54, 1.807) is 25.3 Å². The molecule has 7 heteroatoms. The molecule has 0 fully saturated rings. The Balaban J connectivity index is 1.47. The van der Waals surface area contributed by atoms with E-state index in [1.807, 2.05) is 60.7 Å². The number of nitrogens with zero attached hydrogens (tertiary/aromatic N) is 1. The molecule has 0 unspecified atom stereocenters. The minimum atomic E-state index is -0.511. The molecule has 4 aromatic rings. The van der Waals surface area contributed by atoms with E-state index in [2.05, 4.69) is 26.5 Å². The lowest BCUT2D eigenvalue weighted by Crippen LogP contribution is -2.17. The van der Waals surface area contributed by atoms with Crippen LogP contribution >= 0.6 is 15.9 Å². The number of aromatic hydroxyl groups is 1. The van der Waals surface area contributed by atoms with Gasteiger partial charge in [-0.2, -0.15) is 5.10 Å². The van der Waals surface area contributed by atoms with E-state index in [4.69, 9.17) is 9.47 Å². The van der Waals surface area contributed by atoms with Gasteiger partial charge < -0.3 is 14.6 Å². The molecule has 4 aromatic carbocycles. The summed E-state index contributed by atoms with van der Waals surface area (Å²) in [5.41, 5.74) is 4.33. The number of rotatable bonds is 7. The summed E-state index contributed by atoms with van der Waals surface area (Å²) in [6.45, 7) is 0.397. The molecule has 4 rings (SSSR count).